The molecule has 8 heteroatoms. The van der Waals surface area contributed by atoms with Crippen LogP contribution < -0.4 is 9.64 Å². The number of rotatable bonds is 11. The molecule has 2 amide bonds. The molecule has 194 valence electrons. The molecule has 1 heterocycles. The predicted molar refractivity (Wildman–Crippen MR) is 138 cm³/mol. The molecule has 0 saturated carbocycles. The van der Waals surface area contributed by atoms with E-state index in [4.69, 9.17) is 14.2 Å². The maximum absolute atomic E-state index is 13.9. The van der Waals surface area contributed by atoms with Gasteiger partial charge in [0.2, 0.25) is 11.8 Å². The van der Waals surface area contributed by atoms with Gasteiger partial charge in [-0.1, -0.05) is 30.3 Å². The van der Waals surface area contributed by atoms with Crippen molar-refractivity contribution in [1.29, 1.82) is 0 Å². The molecule has 1 aliphatic heterocycles. The summed E-state index contributed by atoms with van der Waals surface area (Å²) in [5, 5.41) is 0. The van der Waals surface area contributed by atoms with Crippen molar-refractivity contribution in [2.24, 2.45) is 0 Å². The van der Waals surface area contributed by atoms with Crippen LogP contribution in [0.5, 0.6) is 11.5 Å². The van der Waals surface area contributed by atoms with Crippen LogP contribution in [-0.2, 0) is 25.6 Å². The summed E-state index contributed by atoms with van der Waals surface area (Å²) < 4.78 is 29.4. The number of benzene rings is 3. The minimum atomic E-state index is -0.558. The van der Waals surface area contributed by atoms with Crippen LogP contribution in [0.2, 0.25) is 0 Å². The number of halogens is 1. The molecule has 0 bridgehead atoms. The van der Waals surface area contributed by atoms with Crippen LogP contribution in [0.3, 0.4) is 0 Å². The number of nitrogens with zero attached hydrogens (tertiary/aromatic N) is 2. The number of hydrogen-bond acceptors (Lipinski definition) is 5. The van der Waals surface area contributed by atoms with Crippen molar-refractivity contribution in [3.63, 3.8) is 0 Å². The quantitative estimate of drug-likeness (QED) is 0.350. The first-order valence-electron chi connectivity index (χ1n) is 12.3. The summed E-state index contributed by atoms with van der Waals surface area (Å²) >= 11 is 0. The van der Waals surface area contributed by atoms with Crippen LogP contribution in [0.4, 0.5) is 10.1 Å². The predicted octanol–water partition coefficient (Wildman–Crippen LogP) is 4.81. The van der Waals surface area contributed by atoms with Crippen LogP contribution in [0.25, 0.3) is 0 Å². The topological polar surface area (TPSA) is 68.3 Å². The van der Waals surface area contributed by atoms with Gasteiger partial charge in [0, 0.05) is 19.3 Å². The van der Waals surface area contributed by atoms with Gasteiger partial charge in [0.1, 0.15) is 30.0 Å². The number of carbonyl (C=O) groups excluding carboxylic acids is 2. The second-order valence-electron chi connectivity index (χ2n) is 8.75. The second kappa shape index (κ2) is 13.0. The van der Waals surface area contributed by atoms with E-state index in [1.807, 2.05) is 42.5 Å². The van der Waals surface area contributed by atoms with Crippen LogP contribution in [0.15, 0.2) is 78.9 Å². The fourth-order valence-electron chi connectivity index (χ4n) is 4.28. The molecule has 1 atom stereocenters. The van der Waals surface area contributed by atoms with E-state index in [0.717, 1.165) is 12.0 Å². The van der Waals surface area contributed by atoms with Crippen LogP contribution >= 0.6 is 0 Å². The van der Waals surface area contributed by atoms with Gasteiger partial charge in [0.15, 0.2) is 0 Å². The van der Waals surface area contributed by atoms with E-state index in [1.165, 1.54) is 12.1 Å². The van der Waals surface area contributed by atoms with Crippen molar-refractivity contribution in [2.45, 2.75) is 25.4 Å². The molecular weight excluding hydrogens is 475 g/mol. The average Bonchev–Trinajstić information content (AvgIpc) is 3.42. The van der Waals surface area contributed by atoms with Gasteiger partial charge < -0.3 is 24.0 Å². The standard InChI is InChI=1S/C29H31FN2O5/c1-35-18-19-36-21-28(33)31-17-5-8-27(31)29(34)32(20-22-6-3-2-4-7-22)24-11-15-26(16-12-24)37-25-13-9-23(30)10-14-25/h2-4,6-7,9-16,27H,5,8,17-21H2,1H3. The molecule has 0 N–H and O–H groups in total. The summed E-state index contributed by atoms with van der Waals surface area (Å²) in [6.07, 6.45) is 1.35. The summed E-state index contributed by atoms with van der Waals surface area (Å²) in [4.78, 5) is 30.0. The number of carbonyl (C=O) groups is 2. The van der Waals surface area contributed by atoms with E-state index < -0.39 is 6.04 Å². The van der Waals surface area contributed by atoms with E-state index in [-0.39, 0.29) is 24.2 Å². The lowest BCUT2D eigenvalue weighted by atomic mass is 10.1. The van der Waals surface area contributed by atoms with Crippen molar-refractivity contribution in [2.75, 3.05) is 38.4 Å². The Morgan fingerprint density at radius 2 is 1.62 bits per heavy atom. The summed E-state index contributed by atoms with van der Waals surface area (Å²) in [5.41, 5.74) is 1.66. The van der Waals surface area contributed by atoms with Gasteiger partial charge in [0.25, 0.3) is 0 Å². The highest BCUT2D eigenvalue weighted by Crippen LogP contribution is 2.28. The first-order valence-corrected chi connectivity index (χ1v) is 12.3. The zero-order valence-corrected chi connectivity index (χ0v) is 20.8. The van der Waals surface area contributed by atoms with Gasteiger partial charge in [-0.25, -0.2) is 4.39 Å². The number of methoxy groups -OCH3 is 1. The summed E-state index contributed by atoms with van der Waals surface area (Å²) in [6, 6.07) is 22.1. The molecule has 3 aromatic carbocycles. The van der Waals surface area contributed by atoms with Crippen molar-refractivity contribution in [3.05, 3.63) is 90.2 Å². The Labute approximate surface area is 216 Å². The molecule has 7 nitrogen and oxygen atoms in total. The number of ether oxygens (including phenoxy) is 3. The van der Waals surface area contributed by atoms with Gasteiger partial charge in [0.05, 0.1) is 19.8 Å². The van der Waals surface area contributed by atoms with E-state index in [2.05, 4.69) is 0 Å². The Morgan fingerprint density at radius 1 is 0.946 bits per heavy atom. The average molecular weight is 507 g/mol. The number of hydrogen-bond donors (Lipinski definition) is 0. The molecular formula is C29H31FN2O5. The normalized spacial score (nSPS) is 15.0. The van der Waals surface area contributed by atoms with E-state index >= 15 is 0 Å². The van der Waals surface area contributed by atoms with Crippen molar-refractivity contribution in [1.82, 2.24) is 4.90 Å². The Hall–Kier alpha value is -3.75. The van der Waals surface area contributed by atoms with Gasteiger partial charge in [-0.2, -0.15) is 0 Å². The first-order chi connectivity index (χ1) is 18.0. The second-order valence-corrected chi connectivity index (χ2v) is 8.75. The molecule has 0 spiro atoms. The lowest BCUT2D eigenvalue weighted by Gasteiger charge is -2.30. The van der Waals surface area contributed by atoms with E-state index in [1.54, 1.807) is 41.2 Å². The lowest BCUT2D eigenvalue weighted by Crippen LogP contribution is -2.48. The van der Waals surface area contributed by atoms with Crippen molar-refractivity contribution < 1.29 is 28.2 Å². The zero-order valence-electron chi connectivity index (χ0n) is 20.8. The minimum Gasteiger partial charge on any atom is -0.457 e. The molecule has 1 saturated heterocycles. The number of anilines is 1. The first kappa shape index (κ1) is 26.3. The summed E-state index contributed by atoms with van der Waals surface area (Å²) in [5.74, 6) is 0.403. The lowest BCUT2D eigenvalue weighted by molar-refractivity contribution is -0.141. The highest BCUT2D eigenvalue weighted by molar-refractivity contribution is 5.99. The maximum atomic E-state index is 13.9. The van der Waals surface area contributed by atoms with Gasteiger partial charge >= 0.3 is 0 Å². The van der Waals surface area contributed by atoms with Crippen LogP contribution in [0, 0.1) is 5.82 Å². The zero-order chi connectivity index (χ0) is 26.0. The highest BCUT2D eigenvalue weighted by atomic mass is 19.1. The SMILES string of the molecule is COCCOCC(=O)N1CCCC1C(=O)N(Cc1ccccc1)c1ccc(Oc2ccc(F)cc2)cc1. The molecule has 0 aliphatic carbocycles. The maximum Gasteiger partial charge on any atom is 0.250 e. The van der Waals surface area contributed by atoms with Gasteiger partial charge in [-0.15, -0.1) is 0 Å². The fraction of sp³-hybridized carbons (Fsp3) is 0.310. The molecule has 1 aliphatic rings. The third-order valence-corrected chi connectivity index (χ3v) is 6.16. The van der Waals surface area contributed by atoms with Crippen LogP contribution in [-0.4, -0.2) is 56.2 Å². The van der Waals surface area contributed by atoms with Gasteiger partial charge in [-0.05, 0) is 66.9 Å². The Balaban J connectivity index is 1.51. The number of amides is 2. The van der Waals surface area contributed by atoms with Crippen molar-refractivity contribution >= 4 is 17.5 Å². The van der Waals surface area contributed by atoms with Crippen LogP contribution in [0.1, 0.15) is 18.4 Å². The van der Waals surface area contributed by atoms with Crippen molar-refractivity contribution in [3.8, 4) is 11.5 Å². The molecule has 0 aromatic heterocycles. The third-order valence-electron chi connectivity index (χ3n) is 6.16. The summed E-state index contributed by atoms with van der Waals surface area (Å²) in [7, 11) is 1.57. The largest absolute Gasteiger partial charge is 0.457 e. The van der Waals surface area contributed by atoms with Gasteiger partial charge in [-0.3, -0.25) is 9.59 Å². The minimum absolute atomic E-state index is 0.0821. The molecule has 1 fully saturated rings. The van der Waals surface area contributed by atoms with E-state index in [9.17, 15) is 14.0 Å². The Kier molecular flexibility index (Phi) is 9.24. The molecule has 3 aromatic rings. The van der Waals surface area contributed by atoms with E-state index in [0.29, 0.717) is 49.9 Å². The monoisotopic (exact) mass is 506 g/mol. The Bertz CT molecular complexity index is 1160. The fourth-order valence-corrected chi connectivity index (χ4v) is 4.28. The summed E-state index contributed by atoms with van der Waals surface area (Å²) in [6.45, 7) is 1.52. The number of likely N-dealkylation sites (tertiary alicyclic amines) is 1. The smallest absolute Gasteiger partial charge is 0.250 e. The third kappa shape index (κ3) is 7.15. The Morgan fingerprint density at radius 3 is 2.30 bits per heavy atom. The molecule has 0 radical (unpaired) electrons. The molecule has 1 unspecified atom stereocenters. The highest BCUT2D eigenvalue weighted by Gasteiger charge is 2.37. The molecule has 4 rings (SSSR count). The molecule has 37 heavy (non-hydrogen) atoms.